The Balaban J connectivity index is 1.60. The summed E-state index contributed by atoms with van der Waals surface area (Å²) in [4.78, 5) is 9.23. The number of nitrogens with one attached hydrogen (secondary N) is 1. The maximum absolute atomic E-state index is 9.80. The third-order valence-electron chi connectivity index (χ3n) is 4.90. The van der Waals surface area contributed by atoms with Crippen LogP contribution in [-0.2, 0) is 0 Å². The molecule has 3 aromatic carbocycles. The van der Waals surface area contributed by atoms with Crippen molar-refractivity contribution in [2.24, 2.45) is 5.73 Å². The number of nitrogens with zero attached hydrogens (tertiary/aromatic N) is 2. The monoisotopic (exact) mass is 430 g/mol. The van der Waals surface area contributed by atoms with E-state index in [2.05, 4.69) is 51.7 Å². The van der Waals surface area contributed by atoms with Crippen molar-refractivity contribution in [2.45, 2.75) is 6.10 Å². The minimum Gasteiger partial charge on any atom is -0.390 e. The van der Waals surface area contributed by atoms with E-state index in [1.54, 1.807) is 12.1 Å². The summed E-state index contributed by atoms with van der Waals surface area (Å²) in [5, 5.41) is 14.4. The normalized spacial score (nSPS) is 12.4. The molecule has 0 fully saturated rings. The lowest BCUT2D eigenvalue weighted by atomic mass is 10.0. The van der Waals surface area contributed by atoms with Crippen molar-refractivity contribution in [1.82, 2.24) is 9.97 Å². The Morgan fingerprint density at radius 3 is 2.42 bits per heavy atom. The van der Waals surface area contributed by atoms with E-state index in [1.165, 1.54) is 11.1 Å². The summed E-state index contributed by atoms with van der Waals surface area (Å²) < 4.78 is 0. The topological polar surface area (TPSA) is 84.1 Å². The average molecular weight is 431 g/mol. The van der Waals surface area contributed by atoms with Gasteiger partial charge in [-0.3, -0.25) is 0 Å². The van der Waals surface area contributed by atoms with E-state index < -0.39 is 6.10 Å². The Labute approximate surface area is 186 Å². The molecule has 0 radical (unpaired) electrons. The molecule has 4 aromatic rings. The maximum atomic E-state index is 9.80. The highest BCUT2D eigenvalue weighted by Crippen LogP contribution is 2.25. The molecule has 0 spiro atoms. The van der Waals surface area contributed by atoms with Crippen LogP contribution in [-0.4, -0.2) is 34.3 Å². The first-order valence-electron chi connectivity index (χ1n) is 10.1. The molecule has 1 heterocycles. The van der Waals surface area contributed by atoms with Gasteiger partial charge in [-0.2, -0.15) is 0 Å². The average Bonchev–Trinajstić information content (AvgIpc) is 2.81. The van der Waals surface area contributed by atoms with Crippen LogP contribution >= 0.6 is 11.6 Å². The number of benzene rings is 3. The molecule has 31 heavy (non-hydrogen) atoms. The van der Waals surface area contributed by atoms with Gasteiger partial charge >= 0.3 is 0 Å². The molecule has 0 amide bonds. The summed E-state index contributed by atoms with van der Waals surface area (Å²) in [5.74, 6) is 1.18. The summed E-state index contributed by atoms with van der Waals surface area (Å²) in [6, 6.07) is 24.0. The van der Waals surface area contributed by atoms with Crippen molar-refractivity contribution in [1.29, 1.82) is 0 Å². The van der Waals surface area contributed by atoms with Crippen molar-refractivity contribution in [3.8, 4) is 11.1 Å². The maximum Gasteiger partial charge on any atom is 0.154 e. The largest absolute Gasteiger partial charge is 0.390 e. The molecule has 1 unspecified atom stereocenters. The molecule has 4 N–H and O–H groups in total. The number of anilines is 1. The van der Waals surface area contributed by atoms with Gasteiger partial charge in [-0.1, -0.05) is 72.3 Å². The Morgan fingerprint density at radius 2 is 1.68 bits per heavy atom. The fourth-order valence-electron chi connectivity index (χ4n) is 3.22. The first-order valence-corrected chi connectivity index (χ1v) is 10.4. The minimum absolute atomic E-state index is 0.174. The fourth-order valence-corrected chi connectivity index (χ4v) is 3.38. The standard InChI is InChI=1S/C25H23ClN4O/c26-20-11-12-22-23(14-20)29-24(30-25(22)28-16-21(31)15-27)13-8-17-6-9-19(10-7-17)18-4-2-1-3-5-18/h1-14,21,31H,15-16,27H2,(H,28,29,30)/b13-8+. The quantitative estimate of drug-likeness (QED) is 0.390. The highest BCUT2D eigenvalue weighted by atomic mass is 35.5. The van der Waals surface area contributed by atoms with Gasteiger partial charge in [0.15, 0.2) is 5.82 Å². The van der Waals surface area contributed by atoms with Gasteiger partial charge in [-0.15, -0.1) is 0 Å². The van der Waals surface area contributed by atoms with Gasteiger partial charge in [0.25, 0.3) is 0 Å². The summed E-state index contributed by atoms with van der Waals surface area (Å²) >= 11 is 6.16. The Kier molecular flexibility index (Phi) is 6.57. The highest BCUT2D eigenvalue weighted by Gasteiger charge is 2.09. The van der Waals surface area contributed by atoms with Gasteiger partial charge in [0, 0.05) is 23.5 Å². The van der Waals surface area contributed by atoms with Gasteiger partial charge in [-0.05, 0) is 41.0 Å². The number of aliphatic hydroxyl groups excluding tert-OH is 1. The second kappa shape index (κ2) is 9.71. The molecular weight excluding hydrogens is 408 g/mol. The van der Waals surface area contributed by atoms with Crippen LogP contribution < -0.4 is 11.1 Å². The molecule has 0 saturated heterocycles. The van der Waals surface area contributed by atoms with Crippen LogP contribution in [0.5, 0.6) is 0 Å². The van der Waals surface area contributed by atoms with Gasteiger partial charge in [-0.25, -0.2) is 9.97 Å². The van der Waals surface area contributed by atoms with E-state index >= 15 is 0 Å². The molecule has 6 heteroatoms. The van der Waals surface area contributed by atoms with Crippen LogP contribution in [0.25, 0.3) is 34.2 Å². The van der Waals surface area contributed by atoms with E-state index in [9.17, 15) is 5.11 Å². The Hall–Kier alpha value is -3.25. The van der Waals surface area contributed by atoms with Crippen LogP contribution in [0.15, 0.2) is 72.8 Å². The van der Waals surface area contributed by atoms with E-state index in [0.717, 1.165) is 16.5 Å². The number of nitrogens with two attached hydrogens (primary N) is 1. The van der Waals surface area contributed by atoms with Crippen LogP contribution in [0, 0.1) is 0 Å². The zero-order valence-corrected chi connectivity index (χ0v) is 17.6. The molecule has 156 valence electrons. The molecule has 0 bridgehead atoms. The van der Waals surface area contributed by atoms with Crippen LogP contribution in [0.3, 0.4) is 0 Å². The number of rotatable bonds is 7. The van der Waals surface area contributed by atoms with Crippen molar-refractivity contribution in [2.75, 3.05) is 18.4 Å². The Morgan fingerprint density at radius 1 is 0.935 bits per heavy atom. The molecule has 5 nitrogen and oxygen atoms in total. The highest BCUT2D eigenvalue weighted by molar-refractivity contribution is 6.31. The summed E-state index contributed by atoms with van der Waals surface area (Å²) in [6.07, 6.45) is 3.18. The molecule has 0 aliphatic carbocycles. The summed E-state index contributed by atoms with van der Waals surface area (Å²) in [7, 11) is 0. The van der Waals surface area contributed by atoms with Crippen LogP contribution in [0.4, 0.5) is 5.82 Å². The third-order valence-corrected chi connectivity index (χ3v) is 5.13. The second-order valence-electron chi connectivity index (χ2n) is 7.18. The number of hydrogen-bond acceptors (Lipinski definition) is 5. The van der Waals surface area contributed by atoms with Crippen molar-refractivity contribution >= 4 is 40.5 Å². The van der Waals surface area contributed by atoms with E-state index in [4.69, 9.17) is 17.3 Å². The smallest absolute Gasteiger partial charge is 0.154 e. The lowest BCUT2D eigenvalue weighted by Crippen LogP contribution is -2.28. The second-order valence-corrected chi connectivity index (χ2v) is 7.62. The summed E-state index contributed by atoms with van der Waals surface area (Å²) in [6.45, 7) is 0.475. The van der Waals surface area contributed by atoms with Crippen molar-refractivity contribution < 1.29 is 5.11 Å². The van der Waals surface area contributed by atoms with Gasteiger partial charge in [0.1, 0.15) is 5.82 Å². The van der Waals surface area contributed by atoms with Crippen LogP contribution in [0.1, 0.15) is 11.4 Å². The molecule has 0 aliphatic rings. The number of hydrogen-bond donors (Lipinski definition) is 3. The molecule has 1 aromatic heterocycles. The fraction of sp³-hybridized carbons (Fsp3) is 0.120. The molecule has 4 rings (SSSR count). The van der Waals surface area contributed by atoms with Crippen LogP contribution in [0.2, 0.25) is 5.02 Å². The molecule has 0 aliphatic heterocycles. The van der Waals surface area contributed by atoms with Gasteiger partial charge in [0.2, 0.25) is 0 Å². The lowest BCUT2D eigenvalue weighted by molar-refractivity contribution is 0.196. The zero-order valence-electron chi connectivity index (χ0n) is 16.9. The van der Waals surface area contributed by atoms with E-state index in [0.29, 0.717) is 23.2 Å². The number of aromatic nitrogens is 2. The van der Waals surface area contributed by atoms with Crippen molar-refractivity contribution in [3.05, 3.63) is 89.2 Å². The predicted molar refractivity (Wildman–Crippen MR) is 129 cm³/mol. The first kappa shape index (κ1) is 21.0. The third kappa shape index (κ3) is 5.27. The molecule has 0 saturated carbocycles. The van der Waals surface area contributed by atoms with Gasteiger partial charge < -0.3 is 16.2 Å². The first-order chi connectivity index (χ1) is 15.1. The van der Waals surface area contributed by atoms with Crippen molar-refractivity contribution in [3.63, 3.8) is 0 Å². The Bertz CT molecular complexity index is 1190. The van der Waals surface area contributed by atoms with Gasteiger partial charge in [0.05, 0.1) is 11.6 Å². The minimum atomic E-state index is -0.653. The van der Waals surface area contributed by atoms with E-state index in [1.807, 2.05) is 36.4 Å². The zero-order chi connectivity index (χ0) is 21.6. The summed E-state index contributed by atoms with van der Waals surface area (Å²) in [5.41, 5.74) is 9.63. The molecule has 1 atom stereocenters. The SMILES string of the molecule is NCC(O)CNc1nc(/C=C/c2ccc(-c3ccccc3)cc2)nc2cc(Cl)ccc12. The predicted octanol–water partition coefficient (Wildman–Crippen LogP) is 4.85. The molecular formula is C25H23ClN4O. The number of fused-ring (bicyclic) bond motifs is 1. The number of aliphatic hydroxyl groups is 1. The lowest BCUT2D eigenvalue weighted by Gasteiger charge is -2.12. The van der Waals surface area contributed by atoms with E-state index in [-0.39, 0.29) is 6.54 Å². The number of halogens is 1.